The van der Waals surface area contributed by atoms with Gasteiger partial charge in [0.25, 0.3) is 0 Å². The van der Waals surface area contributed by atoms with Gasteiger partial charge in [0.2, 0.25) is 11.8 Å². The average molecular weight is 999 g/mol. The van der Waals surface area contributed by atoms with Crippen molar-refractivity contribution in [3.05, 3.63) is 131 Å². The molecule has 0 aliphatic heterocycles. The number of amides is 2. The third kappa shape index (κ3) is 19.6. The number of nitrogens with two attached hydrogens (primary N) is 2. The largest absolute Gasteiger partial charge is 0.464 e. The van der Waals surface area contributed by atoms with Crippen molar-refractivity contribution in [2.75, 3.05) is 72.7 Å². The molecule has 4 rings (SSSR count). The van der Waals surface area contributed by atoms with Gasteiger partial charge in [-0.1, -0.05) is 48.5 Å². The number of esters is 2. The van der Waals surface area contributed by atoms with E-state index in [-0.39, 0.29) is 38.9 Å². The third-order valence-electron chi connectivity index (χ3n) is 9.85. The maximum Gasteiger partial charge on any atom is 0.328 e. The molecule has 0 spiro atoms. The van der Waals surface area contributed by atoms with Crippen molar-refractivity contribution in [2.45, 2.75) is 63.7 Å². The lowest BCUT2D eigenvalue weighted by atomic mass is 10.0. The molecule has 12 nitrogen and oxygen atoms in total. The Balaban J connectivity index is 0.000000360. The van der Waals surface area contributed by atoms with Crippen LogP contribution in [0.15, 0.2) is 97.1 Å². The number of hydrogen-bond acceptors (Lipinski definition) is 10. The van der Waals surface area contributed by atoms with Gasteiger partial charge in [-0.3, -0.25) is 9.59 Å². The highest BCUT2D eigenvalue weighted by atomic mass is 35.5. The number of hydrogen-bond donors (Lipinski definition) is 4. The first-order chi connectivity index (χ1) is 32.4. The number of benzene rings is 4. The summed E-state index contributed by atoms with van der Waals surface area (Å²) in [6.07, 6.45) is 0.00561. The average Bonchev–Trinajstić information content (AvgIpc) is 3.30. The SMILES string of the molecule is [2H]C(N)(Cc1ccc(N(CCCl)CCCl)cc1)C(=O)NC(Cc1ccc(F)cc1)C(=O)OCC.[2H]C(N)(Cc1ccc(N(CCCl)CCCl)cc1)C(=O)NC(Cc1ccc(F)cc1)C(=O)OCC. The van der Waals surface area contributed by atoms with Crippen LogP contribution in [0.4, 0.5) is 20.2 Å². The van der Waals surface area contributed by atoms with E-state index in [2.05, 4.69) is 10.6 Å². The van der Waals surface area contributed by atoms with Crippen LogP contribution in [0.25, 0.3) is 0 Å². The van der Waals surface area contributed by atoms with Crippen LogP contribution in [0.1, 0.15) is 38.8 Å². The fourth-order valence-corrected chi connectivity index (χ4v) is 7.30. The Morgan fingerprint density at radius 1 is 0.530 bits per heavy atom. The molecule has 6 N–H and O–H groups in total. The van der Waals surface area contributed by atoms with Crippen molar-refractivity contribution in [2.24, 2.45) is 11.5 Å². The van der Waals surface area contributed by atoms with E-state index in [1.165, 1.54) is 48.5 Å². The highest BCUT2D eigenvalue weighted by Gasteiger charge is 2.27. The molecule has 0 aliphatic carbocycles. The summed E-state index contributed by atoms with van der Waals surface area (Å²) < 4.78 is 53.3. The first-order valence-corrected chi connectivity index (χ1v) is 23.5. The van der Waals surface area contributed by atoms with Crippen LogP contribution in [0.5, 0.6) is 0 Å². The highest BCUT2D eigenvalue weighted by Crippen LogP contribution is 2.19. The molecule has 0 saturated heterocycles. The Hall–Kier alpha value is -4.70. The van der Waals surface area contributed by atoms with E-state index in [0.29, 0.717) is 72.0 Å². The van der Waals surface area contributed by atoms with Crippen molar-refractivity contribution in [3.8, 4) is 0 Å². The minimum Gasteiger partial charge on any atom is -0.464 e. The van der Waals surface area contributed by atoms with E-state index in [1.54, 1.807) is 38.1 Å². The number of carbonyl (C=O) groups excluding carboxylic acids is 4. The second-order valence-electron chi connectivity index (χ2n) is 14.7. The minimum absolute atomic E-state index is 0.0732. The molecule has 2 amide bonds. The molecule has 0 aromatic heterocycles. The van der Waals surface area contributed by atoms with Gasteiger partial charge in [-0.25, -0.2) is 18.4 Å². The predicted molar refractivity (Wildman–Crippen MR) is 261 cm³/mol. The van der Waals surface area contributed by atoms with Crippen LogP contribution in [-0.4, -0.2) is 111 Å². The summed E-state index contributed by atoms with van der Waals surface area (Å²) in [5, 5.41) is 5.06. The normalized spacial score (nSPS) is 14.0. The quantitative estimate of drug-likeness (QED) is 0.0401. The number of ether oxygens (including phenoxy) is 2. The minimum atomic E-state index is -2.03. The molecular formula is C48H60Cl4F2N6O6. The van der Waals surface area contributed by atoms with Gasteiger partial charge in [-0.15, -0.1) is 46.4 Å². The maximum absolute atomic E-state index is 13.2. The van der Waals surface area contributed by atoms with E-state index in [1.807, 2.05) is 34.1 Å². The summed E-state index contributed by atoms with van der Waals surface area (Å²) in [5.74, 6) is -1.94. The summed E-state index contributed by atoms with van der Waals surface area (Å²) >= 11 is 23.4. The molecule has 0 heterocycles. The fraction of sp³-hybridized carbons (Fsp3) is 0.417. The van der Waals surface area contributed by atoms with Crippen LogP contribution in [0, 0.1) is 11.6 Å². The van der Waals surface area contributed by atoms with Crippen LogP contribution in [0.3, 0.4) is 0 Å². The highest BCUT2D eigenvalue weighted by molar-refractivity contribution is 6.19. The predicted octanol–water partition coefficient (Wildman–Crippen LogP) is 6.54. The molecule has 18 heteroatoms. The Kier molecular flexibility index (Phi) is 24.2. The molecule has 0 radical (unpaired) electrons. The number of alkyl halides is 4. The first-order valence-electron chi connectivity index (χ1n) is 22.3. The molecule has 4 unspecified atom stereocenters. The van der Waals surface area contributed by atoms with Crippen LogP contribution >= 0.6 is 46.4 Å². The Morgan fingerprint density at radius 2 is 0.803 bits per heavy atom. The molecule has 4 aromatic rings. The molecule has 0 aliphatic rings. The molecule has 4 atom stereocenters. The number of carbonyl (C=O) groups is 4. The Labute approximate surface area is 409 Å². The zero-order chi connectivity index (χ0) is 50.3. The topological polar surface area (TPSA) is 169 Å². The molecule has 66 heavy (non-hydrogen) atoms. The summed E-state index contributed by atoms with van der Waals surface area (Å²) in [6.45, 7) is 6.10. The third-order valence-corrected chi connectivity index (χ3v) is 10.5. The van der Waals surface area contributed by atoms with Gasteiger partial charge in [-0.05, 0) is 97.5 Å². The molecule has 0 bridgehead atoms. The van der Waals surface area contributed by atoms with Crippen molar-refractivity contribution in [3.63, 3.8) is 0 Å². The number of halogens is 6. The van der Waals surface area contributed by atoms with Gasteiger partial charge in [0.15, 0.2) is 0 Å². The van der Waals surface area contributed by atoms with E-state index < -0.39 is 59.5 Å². The van der Waals surface area contributed by atoms with Crippen molar-refractivity contribution in [1.29, 1.82) is 0 Å². The van der Waals surface area contributed by atoms with E-state index in [0.717, 1.165) is 11.4 Å². The lowest BCUT2D eigenvalue weighted by molar-refractivity contribution is -0.147. The van der Waals surface area contributed by atoms with Crippen LogP contribution in [-0.2, 0) is 54.3 Å². The van der Waals surface area contributed by atoms with Crippen molar-refractivity contribution >= 4 is 81.5 Å². The van der Waals surface area contributed by atoms with Crippen LogP contribution < -0.4 is 31.9 Å². The van der Waals surface area contributed by atoms with Gasteiger partial charge in [0, 0.05) is 73.9 Å². The summed E-state index contributed by atoms with van der Waals surface area (Å²) in [5.41, 5.74) is 16.5. The van der Waals surface area contributed by atoms with Gasteiger partial charge in [0.05, 0.1) is 28.0 Å². The molecule has 0 fully saturated rings. The second-order valence-corrected chi connectivity index (χ2v) is 16.2. The zero-order valence-electron chi connectivity index (χ0n) is 39.1. The smallest absolute Gasteiger partial charge is 0.328 e. The summed E-state index contributed by atoms with van der Waals surface area (Å²) in [7, 11) is 0. The standard InChI is InChI=1S/2C24H30Cl2FN3O3/c2*1-2-33-24(32)22(16-18-3-7-19(27)8-4-18)29-23(31)21(28)15-17-5-9-20(10-6-17)30(13-11-25)14-12-26/h2*3-10,21-22H,2,11-16,28H2,1H3,(H,29,31)/i2*21D. The molecule has 4 aromatic carbocycles. The van der Waals surface area contributed by atoms with E-state index in [9.17, 15) is 28.0 Å². The number of anilines is 2. The molecule has 0 saturated carbocycles. The van der Waals surface area contributed by atoms with Gasteiger partial charge < -0.3 is 41.4 Å². The maximum atomic E-state index is 13.2. The second kappa shape index (κ2) is 30.6. The number of nitrogens with one attached hydrogen (secondary N) is 2. The van der Waals surface area contributed by atoms with Crippen molar-refractivity contribution < 1.29 is 40.2 Å². The fourth-order valence-electron chi connectivity index (χ4n) is 6.48. The Morgan fingerprint density at radius 3 is 1.08 bits per heavy atom. The lowest BCUT2D eigenvalue weighted by Crippen LogP contribution is -2.50. The van der Waals surface area contributed by atoms with Gasteiger partial charge in [0.1, 0.15) is 23.7 Å². The number of nitrogens with zero attached hydrogens (tertiary/aromatic N) is 2. The Bertz CT molecular complexity index is 2000. The summed E-state index contributed by atoms with van der Waals surface area (Å²) in [6, 6.07) is 19.5. The molecular weight excluding hydrogens is 936 g/mol. The monoisotopic (exact) mass is 996 g/mol. The van der Waals surface area contributed by atoms with Crippen molar-refractivity contribution in [1.82, 2.24) is 10.6 Å². The molecule has 360 valence electrons. The van der Waals surface area contributed by atoms with E-state index >= 15 is 0 Å². The lowest BCUT2D eigenvalue weighted by Gasteiger charge is -2.23. The summed E-state index contributed by atoms with van der Waals surface area (Å²) in [4.78, 5) is 54.6. The van der Waals surface area contributed by atoms with Gasteiger partial charge >= 0.3 is 11.9 Å². The van der Waals surface area contributed by atoms with E-state index in [4.69, 9.17) is 70.1 Å². The zero-order valence-corrected chi connectivity index (χ0v) is 40.1. The van der Waals surface area contributed by atoms with Gasteiger partial charge in [-0.2, -0.15) is 0 Å². The number of rotatable bonds is 26. The first kappa shape index (κ1) is 52.3. The van der Waals surface area contributed by atoms with Crippen LogP contribution in [0.2, 0.25) is 0 Å².